The number of nitrogens with one attached hydrogen (secondary N) is 1. The number of sulfonamides is 1. The van der Waals surface area contributed by atoms with E-state index in [-0.39, 0.29) is 10.9 Å². The number of aryl methyl sites for hydroxylation is 1. The molecule has 0 bridgehead atoms. The lowest BCUT2D eigenvalue weighted by Gasteiger charge is -2.14. The van der Waals surface area contributed by atoms with Crippen LogP contribution in [0.4, 0.5) is 0 Å². The van der Waals surface area contributed by atoms with Gasteiger partial charge in [-0.1, -0.05) is 6.07 Å². The molecule has 3 nitrogen and oxygen atoms in total. The van der Waals surface area contributed by atoms with Gasteiger partial charge in [0.2, 0.25) is 10.0 Å². The van der Waals surface area contributed by atoms with E-state index in [9.17, 15) is 8.42 Å². The van der Waals surface area contributed by atoms with Gasteiger partial charge in [0.05, 0.1) is 4.90 Å². The average molecular weight is 338 g/mol. The molecule has 1 unspecified atom stereocenters. The van der Waals surface area contributed by atoms with Crippen LogP contribution >= 0.6 is 27.7 Å². The third kappa shape index (κ3) is 4.28. The standard InChI is InChI=1S/C11H16BrNO2S2/c1-8-4-5-11(10(12)6-8)17(14,15)13-9(2)7-16-3/h4-6,9,13H,7H2,1-3H3. The van der Waals surface area contributed by atoms with E-state index in [1.807, 2.05) is 20.1 Å². The van der Waals surface area contributed by atoms with E-state index in [0.717, 1.165) is 11.3 Å². The van der Waals surface area contributed by atoms with Crippen molar-refractivity contribution in [3.63, 3.8) is 0 Å². The van der Waals surface area contributed by atoms with E-state index in [2.05, 4.69) is 20.7 Å². The summed E-state index contributed by atoms with van der Waals surface area (Å²) in [7, 11) is -3.44. The molecule has 0 aromatic heterocycles. The molecule has 6 heteroatoms. The van der Waals surface area contributed by atoms with Gasteiger partial charge in [-0.2, -0.15) is 11.8 Å². The summed E-state index contributed by atoms with van der Waals surface area (Å²) in [5.41, 5.74) is 1.02. The monoisotopic (exact) mass is 337 g/mol. The highest BCUT2D eigenvalue weighted by Crippen LogP contribution is 2.23. The lowest BCUT2D eigenvalue weighted by atomic mass is 10.2. The first-order valence-corrected chi connectivity index (χ1v) is 8.81. The zero-order valence-corrected chi connectivity index (χ0v) is 13.2. The summed E-state index contributed by atoms with van der Waals surface area (Å²) < 4.78 is 27.5. The lowest BCUT2D eigenvalue weighted by Crippen LogP contribution is -2.34. The van der Waals surface area contributed by atoms with Gasteiger partial charge in [-0.3, -0.25) is 0 Å². The first-order valence-electron chi connectivity index (χ1n) is 5.14. The van der Waals surface area contributed by atoms with E-state index in [1.54, 1.807) is 30.0 Å². The van der Waals surface area contributed by atoms with Gasteiger partial charge in [0.1, 0.15) is 0 Å². The molecular weight excluding hydrogens is 322 g/mol. The van der Waals surface area contributed by atoms with Gasteiger partial charge >= 0.3 is 0 Å². The largest absolute Gasteiger partial charge is 0.241 e. The Kier molecular flexibility index (Phi) is 5.50. The van der Waals surface area contributed by atoms with Crippen LogP contribution in [0.1, 0.15) is 12.5 Å². The molecule has 0 heterocycles. The number of hydrogen-bond donors (Lipinski definition) is 1. The van der Waals surface area contributed by atoms with Crippen LogP contribution in [0.15, 0.2) is 27.6 Å². The fourth-order valence-corrected chi connectivity index (χ4v) is 4.56. The van der Waals surface area contributed by atoms with E-state index in [1.165, 1.54) is 0 Å². The fourth-order valence-electron chi connectivity index (χ4n) is 1.44. The molecule has 1 aromatic rings. The zero-order valence-electron chi connectivity index (χ0n) is 10.0. The predicted octanol–water partition coefficient (Wildman–Crippen LogP) is 2.79. The van der Waals surface area contributed by atoms with Crippen LogP contribution in [-0.2, 0) is 10.0 Å². The Balaban J connectivity index is 2.97. The Bertz CT molecular complexity index is 488. The fraction of sp³-hybridized carbons (Fsp3) is 0.455. The normalized spacial score (nSPS) is 13.6. The predicted molar refractivity (Wildman–Crippen MR) is 77.0 cm³/mol. The Morgan fingerprint density at radius 3 is 2.65 bits per heavy atom. The second kappa shape index (κ2) is 6.22. The summed E-state index contributed by atoms with van der Waals surface area (Å²) in [6.07, 6.45) is 1.95. The van der Waals surface area contributed by atoms with Gasteiger partial charge in [0.15, 0.2) is 0 Å². The molecule has 0 saturated heterocycles. The van der Waals surface area contributed by atoms with Gasteiger partial charge < -0.3 is 0 Å². The van der Waals surface area contributed by atoms with Crippen LogP contribution in [0.25, 0.3) is 0 Å². The molecule has 0 aliphatic heterocycles. The van der Waals surface area contributed by atoms with Crippen molar-refractivity contribution < 1.29 is 8.42 Å². The number of hydrogen-bond acceptors (Lipinski definition) is 3. The van der Waals surface area contributed by atoms with Crippen LogP contribution in [0.2, 0.25) is 0 Å². The minimum Gasteiger partial charge on any atom is -0.207 e. The van der Waals surface area contributed by atoms with Crippen molar-refractivity contribution in [2.75, 3.05) is 12.0 Å². The number of rotatable bonds is 5. The maximum Gasteiger partial charge on any atom is 0.241 e. The maximum atomic E-state index is 12.1. The summed E-state index contributed by atoms with van der Waals surface area (Å²) >= 11 is 4.90. The molecule has 96 valence electrons. The molecule has 0 amide bonds. The van der Waals surface area contributed by atoms with Crippen LogP contribution in [-0.4, -0.2) is 26.5 Å². The third-order valence-electron chi connectivity index (χ3n) is 2.15. The highest BCUT2D eigenvalue weighted by molar-refractivity contribution is 9.10. The molecule has 1 atom stereocenters. The van der Waals surface area contributed by atoms with Crippen molar-refractivity contribution in [3.05, 3.63) is 28.2 Å². The summed E-state index contributed by atoms with van der Waals surface area (Å²) in [4.78, 5) is 0.288. The first-order chi connectivity index (χ1) is 7.86. The molecule has 1 aromatic carbocycles. The van der Waals surface area contributed by atoms with Crippen LogP contribution in [0.5, 0.6) is 0 Å². The number of benzene rings is 1. The molecule has 1 N–H and O–H groups in total. The van der Waals surface area contributed by atoms with Crippen LogP contribution in [0.3, 0.4) is 0 Å². The van der Waals surface area contributed by atoms with Crippen molar-refractivity contribution >= 4 is 37.7 Å². The van der Waals surface area contributed by atoms with Gasteiger partial charge in [0.25, 0.3) is 0 Å². The topological polar surface area (TPSA) is 46.2 Å². The van der Waals surface area contributed by atoms with Crippen molar-refractivity contribution in [1.29, 1.82) is 0 Å². The Hall–Kier alpha value is -0.0400. The minimum absolute atomic E-state index is 0.0804. The second-order valence-corrected chi connectivity index (χ2v) is 7.36. The third-order valence-corrected chi connectivity index (χ3v) is 5.55. The van der Waals surface area contributed by atoms with Gasteiger partial charge in [-0.25, -0.2) is 13.1 Å². The SMILES string of the molecule is CSCC(C)NS(=O)(=O)c1ccc(C)cc1Br. The van der Waals surface area contributed by atoms with Crippen LogP contribution < -0.4 is 4.72 Å². The van der Waals surface area contributed by atoms with Crippen LogP contribution in [0, 0.1) is 6.92 Å². The van der Waals surface area contributed by atoms with Gasteiger partial charge in [0, 0.05) is 16.3 Å². The molecule has 1 rings (SSSR count). The van der Waals surface area contributed by atoms with E-state index >= 15 is 0 Å². The van der Waals surface area contributed by atoms with Crippen molar-refractivity contribution in [2.24, 2.45) is 0 Å². The molecule has 0 aliphatic carbocycles. The summed E-state index contributed by atoms with van der Waals surface area (Å²) in [5, 5.41) is 0. The minimum atomic E-state index is -3.44. The Morgan fingerprint density at radius 2 is 2.12 bits per heavy atom. The lowest BCUT2D eigenvalue weighted by molar-refractivity contribution is 0.570. The Labute approximate surface area is 116 Å². The van der Waals surface area contributed by atoms with Crippen molar-refractivity contribution in [3.8, 4) is 0 Å². The molecule has 0 saturated carbocycles. The van der Waals surface area contributed by atoms with Gasteiger partial charge in [-0.05, 0) is 53.7 Å². The summed E-state index contributed by atoms with van der Waals surface area (Å²) in [6.45, 7) is 3.78. The highest BCUT2D eigenvalue weighted by atomic mass is 79.9. The number of thioether (sulfide) groups is 1. The van der Waals surface area contributed by atoms with E-state index in [4.69, 9.17) is 0 Å². The molecule has 0 fully saturated rings. The summed E-state index contributed by atoms with van der Waals surface area (Å²) in [5.74, 6) is 0.753. The molecule has 0 aliphatic rings. The second-order valence-electron chi connectivity index (χ2n) is 3.91. The average Bonchev–Trinajstić information content (AvgIpc) is 2.15. The van der Waals surface area contributed by atoms with Crippen molar-refractivity contribution in [2.45, 2.75) is 24.8 Å². The quantitative estimate of drug-likeness (QED) is 0.898. The van der Waals surface area contributed by atoms with Crippen molar-refractivity contribution in [1.82, 2.24) is 4.72 Å². The smallest absolute Gasteiger partial charge is 0.207 e. The zero-order chi connectivity index (χ0) is 13.1. The Morgan fingerprint density at radius 1 is 1.47 bits per heavy atom. The maximum absolute atomic E-state index is 12.1. The molecule has 0 radical (unpaired) electrons. The van der Waals surface area contributed by atoms with E-state index < -0.39 is 10.0 Å². The highest BCUT2D eigenvalue weighted by Gasteiger charge is 2.19. The molecule has 0 spiro atoms. The molecular formula is C11H16BrNO2S2. The van der Waals surface area contributed by atoms with Gasteiger partial charge in [-0.15, -0.1) is 0 Å². The molecule has 17 heavy (non-hydrogen) atoms. The number of halogens is 1. The van der Waals surface area contributed by atoms with E-state index in [0.29, 0.717) is 4.47 Å². The summed E-state index contributed by atoms with van der Waals surface area (Å²) in [6, 6.07) is 5.13. The first kappa shape index (κ1) is 15.0.